The van der Waals surface area contributed by atoms with Crippen molar-refractivity contribution >= 4 is 23.1 Å². The van der Waals surface area contributed by atoms with Gasteiger partial charge in [-0.05, 0) is 26.3 Å². The van der Waals surface area contributed by atoms with Gasteiger partial charge in [-0.15, -0.1) is 0 Å². The fourth-order valence-corrected chi connectivity index (χ4v) is 3.84. The summed E-state index contributed by atoms with van der Waals surface area (Å²) in [4.78, 5) is 20.1. The number of hydrogen-bond donors (Lipinski definition) is 1. The van der Waals surface area contributed by atoms with E-state index in [4.69, 9.17) is 9.47 Å². The van der Waals surface area contributed by atoms with E-state index in [1.807, 2.05) is 33.2 Å². The van der Waals surface area contributed by atoms with Gasteiger partial charge in [0.15, 0.2) is 5.79 Å². The molecule has 0 spiro atoms. The molecule has 3 heterocycles. The first kappa shape index (κ1) is 14.6. The van der Waals surface area contributed by atoms with Gasteiger partial charge in [-0.25, -0.2) is 9.97 Å². The summed E-state index contributed by atoms with van der Waals surface area (Å²) in [5.41, 5.74) is 0.841. The first-order chi connectivity index (χ1) is 11.0. The van der Waals surface area contributed by atoms with Crippen LogP contribution in [0.5, 0.6) is 0 Å². The van der Waals surface area contributed by atoms with E-state index in [2.05, 4.69) is 19.9 Å². The monoisotopic (exact) mass is 316 g/mol. The predicted molar refractivity (Wildman–Crippen MR) is 84.1 cm³/mol. The predicted octanol–water partition coefficient (Wildman–Crippen LogP) is 1.75. The fourth-order valence-electron chi connectivity index (χ4n) is 3.84. The van der Waals surface area contributed by atoms with E-state index < -0.39 is 5.79 Å². The first-order valence-electron chi connectivity index (χ1n) is 7.84. The van der Waals surface area contributed by atoms with Crippen LogP contribution in [0.1, 0.15) is 26.3 Å². The van der Waals surface area contributed by atoms with Gasteiger partial charge in [0.05, 0.1) is 17.5 Å². The molecule has 2 aliphatic rings. The van der Waals surface area contributed by atoms with Crippen LogP contribution in [0.2, 0.25) is 0 Å². The minimum absolute atomic E-state index is 0.0223. The van der Waals surface area contributed by atoms with Crippen molar-refractivity contribution < 1.29 is 14.3 Å². The number of carbonyl (C=O) groups excluding carboxylic acids is 1. The van der Waals surface area contributed by atoms with E-state index in [-0.39, 0.29) is 24.2 Å². The molecule has 0 aromatic carbocycles. The van der Waals surface area contributed by atoms with Gasteiger partial charge in [-0.3, -0.25) is 0 Å². The van der Waals surface area contributed by atoms with Crippen LogP contribution >= 0.6 is 0 Å². The third-order valence-electron chi connectivity index (χ3n) is 4.76. The number of aromatic nitrogens is 3. The maximum atomic E-state index is 11.5. The Balaban J connectivity index is 1.77. The Morgan fingerprint density at radius 1 is 1.35 bits per heavy atom. The first-order valence-corrected chi connectivity index (χ1v) is 7.84. The molecular formula is C16H20N4O3. The average Bonchev–Trinajstić information content (AvgIpc) is 3.17. The number of carbonyl (C=O) groups is 1. The topological polar surface area (TPSA) is 78.3 Å². The van der Waals surface area contributed by atoms with Crippen molar-refractivity contribution in [2.24, 2.45) is 5.92 Å². The van der Waals surface area contributed by atoms with Crippen molar-refractivity contribution in [3.8, 4) is 0 Å². The van der Waals surface area contributed by atoms with Gasteiger partial charge >= 0.3 is 0 Å². The summed E-state index contributed by atoms with van der Waals surface area (Å²) in [6, 6.07) is 2.01. The number of aldehydes is 1. The molecule has 1 saturated heterocycles. The molecule has 1 saturated carbocycles. The maximum Gasteiger partial charge on any atom is 0.163 e. The van der Waals surface area contributed by atoms with Crippen LogP contribution < -0.4 is 5.32 Å². The minimum atomic E-state index is -0.663. The summed E-state index contributed by atoms with van der Waals surface area (Å²) in [5.74, 6) is -0.0300. The zero-order valence-electron chi connectivity index (χ0n) is 13.4. The van der Waals surface area contributed by atoms with Gasteiger partial charge in [-0.2, -0.15) is 0 Å². The molecule has 0 bridgehead atoms. The Morgan fingerprint density at radius 3 is 2.87 bits per heavy atom. The summed E-state index contributed by atoms with van der Waals surface area (Å²) >= 11 is 0. The second-order valence-corrected chi connectivity index (χ2v) is 6.60. The van der Waals surface area contributed by atoms with Crippen molar-refractivity contribution in [1.29, 1.82) is 0 Å². The van der Waals surface area contributed by atoms with E-state index in [1.54, 1.807) is 6.33 Å². The summed E-state index contributed by atoms with van der Waals surface area (Å²) in [6.07, 6.45) is 4.87. The summed E-state index contributed by atoms with van der Waals surface area (Å²) in [7, 11) is 1.84. The molecule has 122 valence electrons. The zero-order chi connectivity index (χ0) is 16.2. The third kappa shape index (κ3) is 2.14. The molecule has 7 heteroatoms. The lowest BCUT2D eigenvalue weighted by Crippen LogP contribution is -2.27. The van der Waals surface area contributed by atoms with Gasteiger partial charge < -0.3 is 24.2 Å². The lowest BCUT2D eigenvalue weighted by atomic mass is 10.1. The Labute approximate surface area is 134 Å². The Bertz CT molecular complexity index is 757. The Hall–Kier alpha value is -1.99. The number of nitrogens with zero attached hydrogens (tertiary/aromatic N) is 3. The molecule has 4 rings (SSSR count). The largest absolute Gasteiger partial charge is 0.372 e. The normalized spacial score (nSPS) is 32.1. The van der Waals surface area contributed by atoms with Crippen molar-refractivity contribution in [1.82, 2.24) is 14.5 Å². The molecule has 0 radical (unpaired) electrons. The van der Waals surface area contributed by atoms with Crippen LogP contribution in [0, 0.1) is 5.92 Å². The second kappa shape index (κ2) is 5.01. The second-order valence-electron chi connectivity index (χ2n) is 6.60. The van der Waals surface area contributed by atoms with Gasteiger partial charge in [0.25, 0.3) is 0 Å². The number of ether oxygens (including phenoxy) is 2. The summed E-state index contributed by atoms with van der Waals surface area (Å²) in [6.45, 7) is 3.78. The smallest absolute Gasteiger partial charge is 0.163 e. The van der Waals surface area contributed by atoms with Crippen LogP contribution in [0.4, 0.5) is 5.82 Å². The average molecular weight is 316 g/mol. The summed E-state index contributed by atoms with van der Waals surface area (Å²) in [5, 5.41) is 4.03. The fraction of sp³-hybridized carbons (Fsp3) is 0.562. The quantitative estimate of drug-likeness (QED) is 0.869. The van der Waals surface area contributed by atoms with Crippen LogP contribution in [-0.4, -0.2) is 45.9 Å². The molecule has 0 unspecified atom stereocenters. The molecule has 2 fully saturated rings. The molecule has 1 N–H and O–H groups in total. The van der Waals surface area contributed by atoms with E-state index in [0.717, 1.165) is 23.1 Å². The highest BCUT2D eigenvalue weighted by Crippen LogP contribution is 2.47. The number of rotatable bonds is 3. The van der Waals surface area contributed by atoms with Gasteiger partial charge in [0.2, 0.25) is 0 Å². The Morgan fingerprint density at radius 2 is 2.13 bits per heavy atom. The SMILES string of the molecule is CNc1ncnc2c1ccn2[C@@H]1C[C@H](C=O)[C@H]2OC(C)(C)O[C@H]21. The molecule has 1 aliphatic heterocycles. The van der Waals surface area contributed by atoms with Crippen molar-refractivity contribution in [2.75, 3.05) is 12.4 Å². The molecule has 0 amide bonds. The highest BCUT2D eigenvalue weighted by molar-refractivity contribution is 5.87. The maximum absolute atomic E-state index is 11.5. The molecule has 7 nitrogen and oxygen atoms in total. The lowest BCUT2D eigenvalue weighted by Gasteiger charge is -2.23. The van der Waals surface area contributed by atoms with Crippen molar-refractivity contribution in [3.63, 3.8) is 0 Å². The van der Waals surface area contributed by atoms with Crippen LogP contribution in [0.3, 0.4) is 0 Å². The number of fused-ring (bicyclic) bond motifs is 2. The standard InChI is InChI=1S/C16H20N4O3/c1-16(2)22-12-9(7-21)6-11(13(12)23-16)20-5-4-10-14(17-3)18-8-19-15(10)20/h4-5,7-9,11-13H,6H2,1-3H3,(H,17,18,19)/t9-,11-,12-,13+/m1/s1. The lowest BCUT2D eigenvalue weighted by molar-refractivity contribution is -0.160. The molecule has 2 aromatic rings. The van der Waals surface area contributed by atoms with Crippen molar-refractivity contribution in [3.05, 3.63) is 18.6 Å². The van der Waals surface area contributed by atoms with E-state index in [9.17, 15) is 4.79 Å². The van der Waals surface area contributed by atoms with Crippen LogP contribution in [-0.2, 0) is 14.3 Å². The molecule has 4 atom stereocenters. The number of nitrogens with one attached hydrogen (secondary N) is 1. The Kier molecular flexibility index (Phi) is 3.18. The molecule has 23 heavy (non-hydrogen) atoms. The van der Waals surface area contributed by atoms with E-state index >= 15 is 0 Å². The van der Waals surface area contributed by atoms with E-state index in [0.29, 0.717) is 6.42 Å². The van der Waals surface area contributed by atoms with Gasteiger partial charge in [0.1, 0.15) is 30.2 Å². The third-order valence-corrected chi connectivity index (χ3v) is 4.76. The van der Waals surface area contributed by atoms with Crippen LogP contribution in [0.25, 0.3) is 11.0 Å². The molecular weight excluding hydrogens is 296 g/mol. The summed E-state index contributed by atoms with van der Waals surface area (Å²) < 4.78 is 14.1. The van der Waals surface area contributed by atoms with Crippen LogP contribution in [0.15, 0.2) is 18.6 Å². The van der Waals surface area contributed by atoms with Gasteiger partial charge in [0, 0.05) is 19.2 Å². The minimum Gasteiger partial charge on any atom is -0.372 e. The molecule has 1 aliphatic carbocycles. The highest BCUT2D eigenvalue weighted by Gasteiger charge is 2.54. The van der Waals surface area contributed by atoms with E-state index in [1.165, 1.54) is 0 Å². The van der Waals surface area contributed by atoms with Crippen molar-refractivity contribution in [2.45, 2.75) is 44.3 Å². The molecule has 2 aromatic heterocycles. The zero-order valence-corrected chi connectivity index (χ0v) is 13.4. The number of hydrogen-bond acceptors (Lipinski definition) is 6. The van der Waals surface area contributed by atoms with Gasteiger partial charge in [-0.1, -0.05) is 0 Å². The highest BCUT2D eigenvalue weighted by atomic mass is 16.8. The number of anilines is 1.